The fraction of sp³-hybridized carbons (Fsp3) is 0.167. The fourth-order valence-corrected chi connectivity index (χ4v) is 3.31. The molecule has 122 valence electrons. The summed E-state index contributed by atoms with van der Waals surface area (Å²) in [6.45, 7) is 2.05. The van der Waals surface area contributed by atoms with E-state index in [1.807, 2.05) is 60.1 Å². The van der Waals surface area contributed by atoms with Crippen LogP contribution in [0.25, 0.3) is 11.4 Å². The molecule has 0 saturated heterocycles. The van der Waals surface area contributed by atoms with Crippen LogP contribution in [-0.4, -0.2) is 26.3 Å². The number of Topliss-reactive ketones (excluding diaryl/α,β-unsaturated/α-hetero) is 1. The zero-order valence-corrected chi connectivity index (χ0v) is 15.8. The monoisotopic (exact) mass is 401 g/mol. The highest BCUT2D eigenvalue weighted by Gasteiger charge is 2.13. The number of carbonyl (C=O) groups excluding carboxylic acids is 1. The summed E-state index contributed by atoms with van der Waals surface area (Å²) < 4.78 is 2.88. The van der Waals surface area contributed by atoms with Gasteiger partial charge in [0.25, 0.3) is 0 Å². The number of ketones is 1. The minimum Gasteiger partial charge on any atom is -0.305 e. The lowest BCUT2D eigenvalue weighted by Crippen LogP contribution is -2.03. The summed E-state index contributed by atoms with van der Waals surface area (Å²) in [4.78, 5) is 12.3. The molecule has 0 N–H and O–H groups in total. The summed E-state index contributed by atoms with van der Waals surface area (Å²) >= 11 is 4.77. The number of benzene rings is 2. The van der Waals surface area contributed by atoms with Crippen LogP contribution in [0.1, 0.15) is 15.9 Å². The third kappa shape index (κ3) is 3.76. The number of halogens is 1. The number of rotatable bonds is 5. The molecule has 3 rings (SSSR count). The van der Waals surface area contributed by atoms with E-state index in [0.29, 0.717) is 11.3 Å². The molecule has 1 heterocycles. The smallest absolute Gasteiger partial charge is 0.191 e. The molecule has 0 aliphatic carbocycles. The fourth-order valence-electron chi connectivity index (χ4n) is 2.24. The van der Waals surface area contributed by atoms with Crippen molar-refractivity contribution in [1.82, 2.24) is 14.8 Å². The molecule has 4 nitrogen and oxygen atoms in total. The zero-order valence-electron chi connectivity index (χ0n) is 13.4. The Morgan fingerprint density at radius 2 is 1.75 bits per heavy atom. The van der Waals surface area contributed by atoms with Crippen molar-refractivity contribution in [1.29, 1.82) is 0 Å². The van der Waals surface area contributed by atoms with E-state index in [1.165, 1.54) is 17.3 Å². The number of hydrogen-bond donors (Lipinski definition) is 0. The van der Waals surface area contributed by atoms with Crippen molar-refractivity contribution in [2.75, 3.05) is 5.75 Å². The summed E-state index contributed by atoms with van der Waals surface area (Å²) in [6.07, 6.45) is 0. The molecule has 0 amide bonds. The predicted octanol–water partition coefficient (Wildman–Crippen LogP) is 4.53. The van der Waals surface area contributed by atoms with Gasteiger partial charge >= 0.3 is 0 Å². The lowest BCUT2D eigenvalue weighted by Gasteiger charge is -2.04. The van der Waals surface area contributed by atoms with Gasteiger partial charge in [-0.2, -0.15) is 0 Å². The van der Waals surface area contributed by atoms with E-state index >= 15 is 0 Å². The van der Waals surface area contributed by atoms with Crippen LogP contribution in [0.5, 0.6) is 0 Å². The minimum atomic E-state index is 0.0763. The summed E-state index contributed by atoms with van der Waals surface area (Å²) in [7, 11) is 1.92. The molecule has 2 aromatic carbocycles. The normalized spacial score (nSPS) is 10.8. The zero-order chi connectivity index (χ0) is 17.1. The molecular weight excluding hydrogens is 386 g/mol. The Labute approximate surface area is 153 Å². The van der Waals surface area contributed by atoms with Crippen molar-refractivity contribution < 1.29 is 4.79 Å². The number of carbonyl (C=O) groups is 1. The molecule has 0 aliphatic rings. The second-order valence-electron chi connectivity index (χ2n) is 5.45. The molecule has 0 spiro atoms. The molecule has 0 radical (unpaired) electrons. The third-order valence-corrected chi connectivity index (χ3v) is 5.19. The number of hydrogen-bond acceptors (Lipinski definition) is 4. The van der Waals surface area contributed by atoms with Crippen LogP contribution < -0.4 is 0 Å². The lowest BCUT2D eigenvalue weighted by atomic mass is 10.1. The van der Waals surface area contributed by atoms with Crippen molar-refractivity contribution in [2.24, 2.45) is 7.05 Å². The lowest BCUT2D eigenvalue weighted by molar-refractivity contribution is 0.102. The molecule has 0 unspecified atom stereocenters. The Morgan fingerprint density at radius 1 is 1.08 bits per heavy atom. The molecule has 0 aliphatic heterocycles. The second-order valence-corrected chi connectivity index (χ2v) is 7.31. The highest BCUT2D eigenvalue weighted by atomic mass is 79.9. The summed E-state index contributed by atoms with van der Waals surface area (Å²) in [5.41, 5.74) is 2.92. The van der Waals surface area contributed by atoms with E-state index in [1.54, 1.807) is 0 Å². The number of aryl methyl sites for hydroxylation is 1. The van der Waals surface area contributed by atoms with Crippen molar-refractivity contribution in [3.05, 3.63) is 64.1 Å². The number of aromatic nitrogens is 3. The molecule has 0 atom stereocenters. The summed E-state index contributed by atoms with van der Waals surface area (Å²) in [5, 5.41) is 9.20. The van der Waals surface area contributed by atoms with Gasteiger partial charge in [0.15, 0.2) is 16.8 Å². The SMILES string of the molecule is Cc1ccc(-c2nnc(SCC(=O)c3ccc(Br)cc3)n2C)cc1. The average Bonchev–Trinajstić information content (AvgIpc) is 2.95. The predicted molar refractivity (Wildman–Crippen MR) is 100 cm³/mol. The van der Waals surface area contributed by atoms with Gasteiger partial charge in [0, 0.05) is 22.6 Å². The van der Waals surface area contributed by atoms with Crippen molar-refractivity contribution in [2.45, 2.75) is 12.1 Å². The van der Waals surface area contributed by atoms with Crippen LogP contribution in [0.2, 0.25) is 0 Å². The standard InChI is InChI=1S/C18H16BrN3OS/c1-12-3-5-14(6-4-12)17-20-21-18(22(17)2)24-11-16(23)13-7-9-15(19)10-8-13/h3-10H,11H2,1-2H3. The van der Waals surface area contributed by atoms with E-state index in [-0.39, 0.29) is 5.78 Å². The van der Waals surface area contributed by atoms with Crippen molar-refractivity contribution >= 4 is 33.5 Å². The van der Waals surface area contributed by atoms with Crippen LogP contribution in [0.3, 0.4) is 0 Å². The summed E-state index contributed by atoms with van der Waals surface area (Å²) in [6, 6.07) is 15.5. The van der Waals surface area contributed by atoms with Crippen molar-refractivity contribution in [3.8, 4) is 11.4 Å². The van der Waals surface area contributed by atoms with Crippen molar-refractivity contribution in [3.63, 3.8) is 0 Å². The van der Waals surface area contributed by atoms with Gasteiger partial charge in [-0.1, -0.05) is 69.7 Å². The molecular formula is C18H16BrN3OS. The van der Waals surface area contributed by atoms with Crippen LogP contribution >= 0.6 is 27.7 Å². The van der Waals surface area contributed by atoms with Crippen LogP contribution in [-0.2, 0) is 7.05 Å². The number of nitrogens with zero attached hydrogens (tertiary/aromatic N) is 3. The van der Waals surface area contributed by atoms with Gasteiger partial charge in [-0.3, -0.25) is 4.79 Å². The first-order valence-electron chi connectivity index (χ1n) is 7.42. The number of thioether (sulfide) groups is 1. The topological polar surface area (TPSA) is 47.8 Å². The third-order valence-electron chi connectivity index (χ3n) is 3.64. The van der Waals surface area contributed by atoms with E-state index < -0.39 is 0 Å². The molecule has 3 aromatic rings. The first-order chi connectivity index (χ1) is 11.5. The Bertz CT molecular complexity index is 857. The molecule has 0 bridgehead atoms. The van der Waals surface area contributed by atoms with Gasteiger partial charge in [-0.15, -0.1) is 10.2 Å². The van der Waals surface area contributed by atoms with E-state index in [4.69, 9.17) is 0 Å². The van der Waals surface area contributed by atoms with Crippen LogP contribution in [0.4, 0.5) is 0 Å². The van der Waals surface area contributed by atoms with Crippen LogP contribution in [0, 0.1) is 6.92 Å². The quantitative estimate of drug-likeness (QED) is 0.465. The minimum absolute atomic E-state index is 0.0763. The van der Waals surface area contributed by atoms with Crippen LogP contribution in [0.15, 0.2) is 58.2 Å². The largest absolute Gasteiger partial charge is 0.305 e. The van der Waals surface area contributed by atoms with E-state index in [2.05, 4.69) is 33.1 Å². The van der Waals surface area contributed by atoms with Gasteiger partial charge in [-0.05, 0) is 19.1 Å². The maximum atomic E-state index is 12.3. The molecule has 0 saturated carbocycles. The highest BCUT2D eigenvalue weighted by Crippen LogP contribution is 2.23. The van der Waals surface area contributed by atoms with Gasteiger partial charge in [0.1, 0.15) is 0 Å². The molecule has 1 aromatic heterocycles. The molecule has 24 heavy (non-hydrogen) atoms. The van der Waals surface area contributed by atoms with E-state index in [0.717, 1.165) is 21.0 Å². The Morgan fingerprint density at radius 3 is 2.42 bits per heavy atom. The first-order valence-corrected chi connectivity index (χ1v) is 9.20. The Hall–Kier alpha value is -1.92. The van der Waals surface area contributed by atoms with Gasteiger partial charge in [0.05, 0.1) is 5.75 Å². The van der Waals surface area contributed by atoms with E-state index in [9.17, 15) is 4.79 Å². The highest BCUT2D eigenvalue weighted by molar-refractivity contribution is 9.10. The van der Waals surface area contributed by atoms with Gasteiger partial charge < -0.3 is 4.57 Å². The maximum Gasteiger partial charge on any atom is 0.191 e. The molecule has 6 heteroatoms. The first kappa shape index (κ1) is 16.9. The van der Waals surface area contributed by atoms with Gasteiger partial charge in [0.2, 0.25) is 0 Å². The maximum absolute atomic E-state index is 12.3. The average molecular weight is 402 g/mol. The second kappa shape index (κ2) is 7.32. The van der Waals surface area contributed by atoms with Gasteiger partial charge in [-0.25, -0.2) is 0 Å². The Kier molecular flexibility index (Phi) is 5.16. The Balaban J connectivity index is 1.71. The molecule has 0 fully saturated rings. The summed E-state index contributed by atoms with van der Waals surface area (Å²) in [5.74, 6) is 1.21.